The predicted molar refractivity (Wildman–Crippen MR) is 74.3 cm³/mol. The first kappa shape index (κ1) is 13.9. The van der Waals surface area contributed by atoms with Crippen LogP contribution in [0.15, 0.2) is 36.7 Å². The summed E-state index contributed by atoms with van der Waals surface area (Å²) in [5.74, 6) is -0.266. The molecular formula is C14H15FN4O. The van der Waals surface area contributed by atoms with E-state index in [1.807, 2.05) is 6.92 Å². The average molecular weight is 274 g/mol. The fourth-order valence-corrected chi connectivity index (χ4v) is 1.54. The number of hydrogen-bond acceptors (Lipinski definition) is 4. The van der Waals surface area contributed by atoms with E-state index in [1.54, 1.807) is 18.2 Å². The number of anilines is 2. The lowest BCUT2D eigenvalue weighted by atomic mass is 10.3. The van der Waals surface area contributed by atoms with E-state index in [9.17, 15) is 9.18 Å². The van der Waals surface area contributed by atoms with E-state index < -0.39 is 0 Å². The first-order chi connectivity index (χ1) is 9.70. The molecule has 1 heterocycles. The van der Waals surface area contributed by atoms with Crippen LogP contribution < -0.4 is 10.6 Å². The van der Waals surface area contributed by atoms with Gasteiger partial charge in [0.25, 0.3) is 5.91 Å². The number of hydrogen-bond donors (Lipinski definition) is 2. The molecule has 0 spiro atoms. The molecule has 0 aliphatic carbocycles. The molecule has 20 heavy (non-hydrogen) atoms. The number of benzene rings is 1. The molecule has 0 fully saturated rings. The van der Waals surface area contributed by atoms with Gasteiger partial charge in [-0.15, -0.1) is 0 Å². The lowest BCUT2D eigenvalue weighted by Crippen LogP contribution is -2.25. The largest absolute Gasteiger partial charge is 0.351 e. The summed E-state index contributed by atoms with van der Waals surface area (Å²) >= 11 is 0. The number of amides is 1. The number of rotatable bonds is 5. The third-order valence-electron chi connectivity index (χ3n) is 2.56. The van der Waals surface area contributed by atoms with Crippen molar-refractivity contribution in [3.8, 4) is 0 Å². The van der Waals surface area contributed by atoms with Crippen molar-refractivity contribution in [2.45, 2.75) is 13.3 Å². The zero-order chi connectivity index (χ0) is 14.4. The summed E-state index contributed by atoms with van der Waals surface area (Å²) in [5.41, 5.74) is 0.544. The molecule has 0 atom stereocenters. The number of aromatic nitrogens is 2. The predicted octanol–water partition coefficient (Wildman–Crippen LogP) is 2.50. The monoisotopic (exact) mass is 274 g/mol. The molecule has 0 unspecified atom stereocenters. The fraction of sp³-hybridized carbons (Fsp3) is 0.214. The molecule has 2 rings (SSSR count). The molecule has 1 aromatic carbocycles. The van der Waals surface area contributed by atoms with Gasteiger partial charge in [-0.1, -0.05) is 19.1 Å². The van der Waals surface area contributed by atoms with Crippen molar-refractivity contribution in [3.63, 3.8) is 0 Å². The topological polar surface area (TPSA) is 66.9 Å². The zero-order valence-corrected chi connectivity index (χ0v) is 11.1. The Hall–Kier alpha value is -2.50. The summed E-state index contributed by atoms with van der Waals surface area (Å²) in [6.07, 6.45) is 3.60. The van der Waals surface area contributed by atoms with Crippen molar-refractivity contribution >= 4 is 17.4 Å². The van der Waals surface area contributed by atoms with Crippen molar-refractivity contribution in [1.29, 1.82) is 0 Å². The minimum absolute atomic E-state index is 0.234. The molecule has 0 radical (unpaired) electrons. The van der Waals surface area contributed by atoms with Crippen molar-refractivity contribution in [1.82, 2.24) is 15.3 Å². The van der Waals surface area contributed by atoms with Gasteiger partial charge in [0.2, 0.25) is 0 Å². The van der Waals surface area contributed by atoms with E-state index in [0.717, 1.165) is 6.42 Å². The van der Waals surface area contributed by atoms with Crippen LogP contribution in [0.3, 0.4) is 0 Å². The number of nitrogens with zero attached hydrogens (tertiary/aromatic N) is 2. The lowest BCUT2D eigenvalue weighted by molar-refractivity contribution is 0.0948. The minimum atomic E-state index is -0.376. The second-order valence-corrected chi connectivity index (χ2v) is 4.15. The van der Waals surface area contributed by atoms with Gasteiger partial charge < -0.3 is 10.6 Å². The van der Waals surface area contributed by atoms with Crippen molar-refractivity contribution < 1.29 is 9.18 Å². The van der Waals surface area contributed by atoms with E-state index in [4.69, 9.17) is 0 Å². The Morgan fingerprint density at radius 1 is 1.25 bits per heavy atom. The van der Waals surface area contributed by atoms with Crippen LogP contribution in [0, 0.1) is 5.82 Å². The van der Waals surface area contributed by atoms with Gasteiger partial charge in [0.1, 0.15) is 17.3 Å². The van der Waals surface area contributed by atoms with E-state index in [1.165, 1.54) is 18.5 Å². The first-order valence-corrected chi connectivity index (χ1v) is 6.32. The summed E-state index contributed by atoms with van der Waals surface area (Å²) in [5, 5.41) is 5.51. The van der Waals surface area contributed by atoms with Crippen molar-refractivity contribution in [2.24, 2.45) is 0 Å². The summed E-state index contributed by atoms with van der Waals surface area (Å²) in [6.45, 7) is 2.56. The Morgan fingerprint density at radius 2 is 2.05 bits per heavy atom. The summed E-state index contributed by atoms with van der Waals surface area (Å²) in [7, 11) is 0. The molecule has 1 aromatic heterocycles. The lowest BCUT2D eigenvalue weighted by Gasteiger charge is -2.07. The molecule has 0 saturated heterocycles. The maximum absolute atomic E-state index is 13.4. The van der Waals surface area contributed by atoms with E-state index in [2.05, 4.69) is 20.6 Å². The molecule has 0 saturated carbocycles. The second-order valence-electron chi connectivity index (χ2n) is 4.15. The van der Waals surface area contributed by atoms with Crippen LogP contribution in [0.1, 0.15) is 23.8 Å². The Kier molecular flexibility index (Phi) is 4.60. The van der Waals surface area contributed by atoms with Crippen LogP contribution >= 0.6 is 0 Å². The van der Waals surface area contributed by atoms with Gasteiger partial charge >= 0.3 is 0 Å². The third-order valence-corrected chi connectivity index (χ3v) is 2.56. The smallest absolute Gasteiger partial charge is 0.271 e. The van der Waals surface area contributed by atoms with Gasteiger partial charge in [-0.3, -0.25) is 4.79 Å². The first-order valence-electron chi connectivity index (χ1n) is 6.32. The Labute approximate surface area is 116 Å². The van der Waals surface area contributed by atoms with Crippen LogP contribution in [-0.4, -0.2) is 22.4 Å². The molecule has 104 valence electrons. The highest BCUT2D eigenvalue weighted by atomic mass is 19.1. The highest BCUT2D eigenvalue weighted by Gasteiger charge is 2.07. The maximum Gasteiger partial charge on any atom is 0.271 e. The fourth-order valence-electron chi connectivity index (χ4n) is 1.54. The number of nitrogens with one attached hydrogen (secondary N) is 2. The Bertz CT molecular complexity index is 586. The number of halogens is 1. The molecule has 2 aromatic rings. The van der Waals surface area contributed by atoms with Crippen LogP contribution in [0.5, 0.6) is 0 Å². The van der Waals surface area contributed by atoms with Crippen LogP contribution in [0.4, 0.5) is 15.9 Å². The number of carbonyl (C=O) groups excluding carboxylic acids is 1. The second kappa shape index (κ2) is 6.60. The standard InChI is InChI=1S/C14H15FN4O/c1-2-7-16-14(20)12-8-18-13(9-17-12)19-11-6-4-3-5-10(11)15/h3-6,8-9H,2,7H2,1H3,(H,16,20)(H,18,19). The normalized spacial score (nSPS) is 10.1. The molecular weight excluding hydrogens is 259 g/mol. The van der Waals surface area contributed by atoms with Crippen LogP contribution in [0.2, 0.25) is 0 Å². The molecule has 0 aliphatic rings. The molecule has 0 aliphatic heterocycles. The van der Waals surface area contributed by atoms with Crippen molar-refractivity contribution in [2.75, 3.05) is 11.9 Å². The molecule has 5 nitrogen and oxygen atoms in total. The molecule has 2 N–H and O–H groups in total. The summed E-state index contributed by atoms with van der Waals surface area (Å²) in [4.78, 5) is 19.7. The highest BCUT2D eigenvalue weighted by molar-refractivity contribution is 5.92. The Balaban J connectivity index is 2.05. The van der Waals surface area contributed by atoms with Gasteiger partial charge in [0.15, 0.2) is 0 Å². The van der Waals surface area contributed by atoms with Gasteiger partial charge in [0.05, 0.1) is 18.1 Å². The average Bonchev–Trinajstić information content (AvgIpc) is 2.48. The van der Waals surface area contributed by atoms with Gasteiger partial charge in [-0.25, -0.2) is 14.4 Å². The minimum Gasteiger partial charge on any atom is -0.351 e. The molecule has 6 heteroatoms. The SMILES string of the molecule is CCCNC(=O)c1cnc(Nc2ccccc2F)cn1. The quantitative estimate of drug-likeness (QED) is 0.879. The van der Waals surface area contributed by atoms with Crippen LogP contribution in [0.25, 0.3) is 0 Å². The highest BCUT2D eigenvalue weighted by Crippen LogP contribution is 2.17. The molecule has 1 amide bonds. The van der Waals surface area contributed by atoms with Crippen LogP contribution in [-0.2, 0) is 0 Å². The third kappa shape index (κ3) is 3.50. The maximum atomic E-state index is 13.4. The summed E-state index contributed by atoms with van der Waals surface area (Å²) in [6, 6.07) is 6.26. The van der Waals surface area contributed by atoms with Crippen molar-refractivity contribution in [3.05, 3.63) is 48.2 Å². The summed E-state index contributed by atoms with van der Waals surface area (Å²) < 4.78 is 13.4. The van der Waals surface area contributed by atoms with Gasteiger partial charge in [-0.2, -0.15) is 0 Å². The molecule has 0 bridgehead atoms. The number of para-hydroxylation sites is 1. The zero-order valence-electron chi connectivity index (χ0n) is 11.1. The van der Waals surface area contributed by atoms with E-state index >= 15 is 0 Å². The van der Waals surface area contributed by atoms with E-state index in [-0.39, 0.29) is 17.4 Å². The van der Waals surface area contributed by atoms with Gasteiger partial charge in [-0.05, 0) is 18.6 Å². The Morgan fingerprint density at radius 3 is 2.70 bits per heavy atom. The van der Waals surface area contributed by atoms with Gasteiger partial charge in [0, 0.05) is 6.54 Å². The van der Waals surface area contributed by atoms with E-state index in [0.29, 0.717) is 18.1 Å². The number of carbonyl (C=O) groups is 1.